The highest BCUT2D eigenvalue weighted by Crippen LogP contribution is 2.34. The van der Waals surface area contributed by atoms with Gasteiger partial charge in [-0.1, -0.05) is 54.6 Å². The van der Waals surface area contributed by atoms with Gasteiger partial charge in [-0.2, -0.15) is 4.31 Å². The summed E-state index contributed by atoms with van der Waals surface area (Å²) in [6.07, 6.45) is -0.658. The SMILES string of the molecule is COC(=O)N(Cc1ccc([C@@H](CO)N(C(C)C)S(=O)(=O)c2ccc(N)cc2)s1)C(=O)[C@@H](N)Cc1ccc(-c2ccccc2)cc1. The first kappa shape index (κ1) is 33.8. The van der Waals surface area contributed by atoms with Crippen molar-refractivity contribution < 1.29 is 27.9 Å². The Balaban J connectivity index is 1.51. The number of thiophene rings is 1. The average Bonchev–Trinajstić information content (AvgIpc) is 3.50. The summed E-state index contributed by atoms with van der Waals surface area (Å²) in [5.41, 5.74) is 15.4. The number of nitrogens with two attached hydrogens (primary N) is 2. The molecule has 0 spiro atoms. The monoisotopic (exact) mass is 650 g/mol. The maximum absolute atomic E-state index is 13.6. The molecule has 0 aliphatic carbocycles. The summed E-state index contributed by atoms with van der Waals surface area (Å²) in [4.78, 5) is 28.2. The number of rotatable bonds is 12. The maximum Gasteiger partial charge on any atom is 0.416 e. The number of aliphatic hydroxyl groups is 1. The fraction of sp³-hybridized carbons (Fsp3) is 0.273. The lowest BCUT2D eigenvalue weighted by molar-refractivity contribution is -0.131. The minimum absolute atomic E-state index is 0.0479. The summed E-state index contributed by atoms with van der Waals surface area (Å²) in [6, 6.07) is 24.4. The molecule has 238 valence electrons. The van der Waals surface area contributed by atoms with Gasteiger partial charge >= 0.3 is 6.09 Å². The Morgan fingerprint density at radius 1 is 0.911 bits per heavy atom. The molecule has 2 amide bonds. The number of nitrogens with zero attached hydrogens (tertiary/aromatic N) is 2. The van der Waals surface area contributed by atoms with Gasteiger partial charge in [0.15, 0.2) is 0 Å². The fourth-order valence-corrected chi connectivity index (χ4v) is 7.98. The van der Waals surface area contributed by atoms with E-state index in [0.29, 0.717) is 15.4 Å². The number of hydrogen-bond acceptors (Lipinski definition) is 9. The number of sulfonamides is 1. The van der Waals surface area contributed by atoms with Crippen molar-refractivity contribution in [2.75, 3.05) is 19.5 Å². The average molecular weight is 651 g/mol. The molecule has 0 aliphatic rings. The van der Waals surface area contributed by atoms with Crippen LogP contribution in [-0.4, -0.2) is 60.5 Å². The minimum atomic E-state index is -4.01. The number of benzene rings is 3. The largest absolute Gasteiger partial charge is 0.452 e. The molecule has 0 saturated heterocycles. The number of nitrogen functional groups attached to an aromatic ring is 1. The Labute approximate surface area is 267 Å². The molecule has 45 heavy (non-hydrogen) atoms. The topological polar surface area (TPSA) is 156 Å². The number of carbonyl (C=O) groups is 2. The molecule has 2 atom stereocenters. The lowest BCUT2D eigenvalue weighted by atomic mass is 10.0. The highest BCUT2D eigenvalue weighted by molar-refractivity contribution is 7.89. The highest BCUT2D eigenvalue weighted by Gasteiger charge is 2.36. The van der Waals surface area contributed by atoms with Crippen molar-refractivity contribution in [1.29, 1.82) is 0 Å². The van der Waals surface area contributed by atoms with Crippen LogP contribution in [0.15, 0.2) is 95.9 Å². The third kappa shape index (κ3) is 7.96. The smallest absolute Gasteiger partial charge is 0.416 e. The molecule has 5 N–H and O–H groups in total. The molecule has 0 radical (unpaired) electrons. The number of imide groups is 1. The van der Waals surface area contributed by atoms with Crippen LogP contribution in [0.25, 0.3) is 11.1 Å². The van der Waals surface area contributed by atoms with Gasteiger partial charge in [0.05, 0.1) is 37.2 Å². The molecule has 0 bridgehead atoms. The minimum Gasteiger partial charge on any atom is -0.452 e. The van der Waals surface area contributed by atoms with Crippen LogP contribution in [0, 0.1) is 0 Å². The second kappa shape index (κ2) is 14.8. The number of ether oxygens (including phenoxy) is 1. The number of carbonyl (C=O) groups excluding carboxylic acids is 2. The number of amides is 2. The van der Waals surface area contributed by atoms with Gasteiger partial charge in [0.25, 0.3) is 0 Å². The standard InChI is InChI=1S/C33H38N4O6S2/c1-22(2)37(45(41,42)28-16-13-26(34)14-17-28)30(21-38)31-18-15-27(44-31)20-36(33(40)43-3)32(39)29(35)19-23-9-11-25(12-10-23)24-7-5-4-6-8-24/h4-18,22,29-30,38H,19-21,34-35H2,1-3H3/t29-,30+/m0/s1. The third-order valence-electron chi connectivity index (χ3n) is 7.26. The van der Waals surface area contributed by atoms with Crippen molar-refractivity contribution in [2.45, 2.75) is 49.8 Å². The number of hydrogen-bond donors (Lipinski definition) is 3. The predicted octanol–water partition coefficient (Wildman–Crippen LogP) is 4.80. The van der Waals surface area contributed by atoms with Gasteiger partial charge < -0.3 is 21.3 Å². The first-order chi connectivity index (χ1) is 21.5. The van der Waals surface area contributed by atoms with E-state index >= 15 is 0 Å². The van der Waals surface area contributed by atoms with E-state index in [9.17, 15) is 23.1 Å². The Morgan fingerprint density at radius 3 is 2.11 bits per heavy atom. The molecule has 0 fully saturated rings. The molecule has 0 saturated carbocycles. The Hall–Kier alpha value is -4.07. The molecular weight excluding hydrogens is 613 g/mol. The second-order valence-electron chi connectivity index (χ2n) is 10.8. The van der Waals surface area contributed by atoms with Crippen molar-refractivity contribution in [3.05, 3.63) is 106 Å². The van der Waals surface area contributed by atoms with Crippen molar-refractivity contribution >= 4 is 39.0 Å². The van der Waals surface area contributed by atoms with Crippen molar-refractivity contribution in [3.8, 4) is 11.1 Å². The molecule has 3 aromatic carbocycles. The van der Waals surface area contributed by atoms with Crippen LogP contribution >= 0.6 is 11.3 Å². The van der Waals surface area contributed by atoms with Gasteiger partial charge in [-0.15, -0.1) is 11.3 Å². The summed E-state index contributed by atoms with van der Waals surface area (Å²) in [5.74, 6) is -0.614. The van der Waals surface area contributed by atoms with Gasteiger partial charge in [-0.25, -0.2) is 18.1 Å². The van der Waals surface area contributed by atoms with Gasteiger partial charge in [0.1, 0.15) is 0 Å². The molecule has 10 nitrogen and oxygen atoms in total. The van der Waals surface area contributed by atoms with E-state index in [1.807, 2.05) is 54.6 Å². The summed E-state index contributed by atoms with van der Waals surface area (Å²) >= 11 is 1.19. The van der Waals surface area contributed by atoms with E-state index in [2.05, 4.69) is 0 Å². The normalized spacial score (nSPS) is 13.0. The van der Waals surface area contributed by atoms with Gasteiger partial charge in [0.2, 0.25) is 15.9 Å². The van der Waals surface area contributed by atoms with E-state index in [1.165, 1.54) is 47.0 Å². The number of anilines is 1. The maximum atomic E-state index is 13.6. The Kier molecular flexibility index (Phi) is 11.1. The molecule has 0 unspecified atom stereocenters. The molecule has 0 aliphatic heterocycles. The van der Waals surface area contributed by atoms with E-state index in [0.717, 1.165) is 21.6 Å². The van der Waals surface area contributed by atoms with Gasteiger partial charge in [0, 0.05) is 21.5 Å². The van der Waals surface area contributed by atoms with Crippen LogP contribution in [0.5, 0.6) is 0 Å². The van der Waals surface area contributed by atoms with Crippen LogP contribution < -0.4 is 11.5 Å². The second-order valence-corrected chi connectivity index (χ2v) is 13.8. The van der Waals surface area contributed by atoms with E-state index < -0.39 is 46.8 Å². The zero-order valence-corrected chi connectivity index (χ0v) is 27.0. The van der Waals surface area contributed by atoms with Crippen LogP contribution in [0.3, 0.4) is 0 Å². The van der Waals surface area contributed by atoms with Crippen molar-refractivity contribution in [3.63, 3.8) is 0 Å². The van der Waals surface area contributed by atoms with Crippen LogP contribution in [0.1, 0.15) is 35.2 Å². The zero-order valence-electron chi connectivity index (χ0n) is 25.4. The van der Waals surface area contributed by atoms with E-state index in [-0.39, 0.29) is 17.9 Å². The fourth-order valence-electron chi connectivity index (χ4n) is 5.02. The highest BCUT2D eigenvalue weighted by atomic mass is 32.2. The third-order valence-corrected chi connectivity index (χ3v) is 10.5. The van der Waals surface area contributed by atoms with Crippen LogP contribution in [0.2, 0.25) is 0 Å². The lowest BCUT2D eigenvalue weighted by Crippen LogP contribution is -2.47. The lowest BCUT2D eigenvalue weighted by Gasteiger charge is -2.32. The summed E-state index contributed by atoms with van der Waals surface area (Å²) in [6.45, 7) is 2.82. The first-order valence-corrected chi connectivity index (χ1v) is 16.6. The molecule has 1 aromatic heterocycles. The van der Waals surface area contributed by atoms with Gasteiger partial charge in [-0.3, -0.25) is 4.79 Å². The van der Waals surface area contributed by atoms with Crippen LogP contribution in [0.4, 0.5) is 10.5 Å². The Bertz CT molecular complexity index is 1690. The van der Waals surface area contributed by atoms with E-state index in [1.54, 1.807) is 26.0 Å². The quantitative estimate of drug-likeness (QED) is 0.185. The molecule has 1 heterocycles. The number of methoxy groups -OCH3 is 1. The predicted molar refractivity (Wildman–Crippen MR) is 176 cm³/mol. The van der Waals surface area contributed by atoms with Gasteiger partial charge in [-0.05, 0) is 73.4 Å². The molecular formula is C33H38N4O6S2. The first-order valence-electron chi connectivity index (χ1n) is 14.3. The molecule has 12 heteroatoms. The Morgan fingerprint density at radius 2 is 1.53 bits per heavy atom. The van der Waals surface area contributed by atoms with Crippen molar-refractivity contribution in [1.82, 2.24) is 9.21 Å². The molecule has 4 aromatic rings. The zero-order chi connectivity index (χ0) is 32.7. The van der Waals surface area contributed by atoms with Crippen molar-refractivity contribution in [2.24, 2.45) is 5.73 Å². The number of aliphatic hydroxyl groups excluding tert-OH is 1. The van der Waals surface area contributed by atoms with Crippen LogP contribution in [-0.2, 0) is 32.5 Å². The summed E-state index contributed by atoms with van der Waals surface area (Å²) in [5, 5.41) is 10.4. The summed E-state index contributed by atoms with van der Waals surface area (Å²) < 4.78 is 33.4. The summed E-state index contributed by atoms with van der Waals surface area (Å²) in [7, 11) is -2.83. The van der Waals surface area contributed by atoms with E-state index in [4.69, 9.17) is 16.2 Å². The molecule has 4 rings (SSSR count).